The van der Waals surface area contributed by atoms with Gasteiger partial charge >= 0.3 is 0 Å². The Hall–Kier alpha value is -6.92. The van der Waals surface area contributed by atoms with E-state index in [4.69, 9.17) is 43.4 Å². The summed E-state index contributed by atoms with van der Waals surface area (Å²) in [6.07, 6.45) is 9.92. The summed E-state index contributed by atoms with van der Waals surface area (Å²) in [6.45, 7) is 2.59. The Morgan fingerprint density at radius 3 is 1.79 bits per heavy atom. The van der Waals surface area contributed by atoms with Crippen molar-refractivity contribution in [1.82, 2.24) is 14.8 Å². The number of hydrogen-bond acceptors (Lipinski definition) is 11. The van der Waals surface area contributed by atoms with Crippen molar-refractivity contribution in [1.29, 1.82) is 0 Å². The molecule has 0 bridgehead atoms. The molecule has 0 spiro atoms. The minimum absolute atomic E-state index is 0.0725. The van der Waals surface area contributed by atoms with Crippen LogP contribution in [0.15, 0.2) is 113 Å². The lowest BCUT2D eigenvalue weighted by molar-refractivity contribution is 0.0751. The Kier molecular flexibility index (Phi) is 11.2. The molecule has 0 fully saturated rings. The van der Waals surface area contributed by atoms with Crippen molar-refractivity contribution in [2.45, 2.75) is 44.7 Å². The van der Waals surface area contributed by atoms with E-state index in [0.29, 0.717) is 46.5 Å². The topological polar surface area (TPSA) is 117 Å². The van der Waals surface area contributed by atoms with Gasteiger partial charge in [0.25, 0.3) is 5.91 Å². The van der Waals surface area contributed by atoms with Gasteiger partial charge in [-0.25, -0.2) is 0 Å². The van der Waals surface area contributed by atoms with E-state index in [-0.39, 0.29) is 31.2 Å². The number of benzene rings is 4. The lowest BCUT2D eigenvalue weighted by atomic mass is 9.95. The zero-order chi connectivity index (χ0) is 41.9. The zero-order valence-corrected chi connectivity index (χ0v) is 34.7. The highest BCUT2D eigenvalue weighted by atomic mass is 16.5. The van der Waals surface area contributed by atoms with Gasteiger partial charge in [0.15, 0.2) is 23.0 Å². The van der Waals surface area contributed by atoms with E-state index < -0.39 is 0 Å². The number of rotatable bonds is 12. The lowest BCUT2D eigenvalue weighted by Gasteiger charge is -2.31. The van der Waals surface area contributed by atoms with Crippen LogP contribution in [-0.4, -0.2) is 86.7 Å². The van der Waals surface area contributed by atoms with Crippen molar-refractivity contribution < 1.29 is 33.2 Å². The van der Waals surface area contributed by atoms with Gasteiger partial charge in [0, 0.05) is 44.2 Å². The van der Waals surface area contributed by atoms with E-state index >= 15 is 0 Å². The number of aliphatic imine (C=N–C) groups is 2. The second-order valence-corrected chi connectivity index (χ2v) is 15.2. The van der Waals surface area contributed by atoms with Crippen molar-refractivity contribution in [3.8, 4) is 34.5 Å². The van der Waals surface area contributed by atoms with E-state index in [1.165, 1.54) is 11.1 Å². The smallest absolute Gasteiger partial charge is 0.256 e. The van der Waals surface area contributed by atoms with Gasteiger partial charge in [-0.1, -0.05) is 42.5 Å². The SMILES string of the molecule is COc1ccc(C2=C[C@H]3C=Nc4cc(OCc5cccc(COc6cc7c(cc6OC)C(=O)N6CCC(c8ccc(OC)cc8)=C[C@H]6C=N7)n5)c(OC)cc4CN3CC2)cc1. The van der Waals surface area contributed by atoms with Crippen LogP contribution in [0.4, 0.5) is 11.4 Å². The predicted molar refractivity (Wildman–Crippen MR) is 235 cm³/mol. The Balaban J connectivity index is 0.870. The number of ether oxygens (including phenoxy) is 6. The van der Waals surface area contributed by atoms with Crippen LogP contribution in [0.3, 0.4) is 0 Å². The third-order valence-corrected chi connectivity index (χ3v) is 11.6. The predicted octanol–water partition coefficient (Wildman–Crippen LogP) is 8.66. The molecular formula is C49H47N5O7. The summed E-state index contributed by atoms with van der Waals surface area (Å²) in [5.41, 5.74) is 9.11. The first-order valence-electron chi connectivity index (χ1n) is 20.4. The second kappa shape index (κ2) is 17.4. The number of methoxy groups -OCH3 is 4. The molecule has 0 saturated heterocycles. The summed E-state index contributed by atoms with van der Waals surface area (Å²) in [4.78, 5) is 32.7. The summed E-state index contributed by atoms with van der Waals surface area (Å²) >= 11 is 0. The first-order valence-corrected chi connectivity index (χ1v) is 20.4. The first-order chi connectivity index (χ1) is 29.9. The van der Waals surface area contributed by atoms with Crippen LogP contribution >= 0.6 is 0 Å². The van der Waals surface area contributed by atoms with E-state index in [9.17, 15) is 4.79 Å². The number of carbonyl (C=O) groups is 1. The molecule has 12 nitrogen and oxygen atoms in total. The number of carbonyl (C=O) groups excluding carboxylic acids is 1. The van der Waals surface area contributed by atoms with Gasteiger partial charge in [-0.05, 0) is 89.2 Å². The second-order valence-electron chi connectivity index (χ2n) is 15.2. The fourth-order valence-corrected chi connectivity index (χ4v) is 8.24. The van der Waals surface area contributed by atoms with E-state index in [1.54, 1.807) is 40.6 Å². The van der Waals surface area contributed by atoms with Crippen LogP contribution < -0.4 is 28.4 Å². The number of pyridine rings is 1. The van der Waals surface area contributed by atoms with Crippen LogP contribution in [0.25, 0.3) is 11.1 Å². The van der Waals surface area contributed by atoms with Crippen LogP contribution in [0, 0.1) is 0 Å². The molecule has 0 radical (unpaired) electrons. The standard InChI is InChI=1S/C49H47N5O7/c1-56-40-12-8-31(9-13-40)33-16-18-53-28-35-22-45(58-3)47(24-43(35)50-26-38(53)20-33)60-29-36-6-5-7-37(52-36)30-61-48-25-44-42(23-46(48)59-4)49(55)54-19-17-34(21-39(54)27-51-44)32-10-14-41(57-2)15-11-32/h5-15,20-27,38-39H,16-19,28-30H2,1-4H3/t38-,39-/m0/s1. The Morgan fingerprint density at radius 1 is 0.607 bits per heavy atom. The first kappa shape index (κ1) is 39.5. The summed E-state index contributed by atoms with van der Waals surface area (Å²) in [5.74, 6) is 3.67. The molecule has 1 aromatic heterocycles. The van der Waals surface area contributed by atoms with Crippen LogP contribution in [0.5, 0.6) is 34.5 Å². The van der Waals surface area contributed by atoms with Gasteiger partial charge < -0.3 is 33.3 Å². The molecule has 4 aliphatic heterocycles. The third-order valence-electron chi connectivity index (χ3n) is 11.6. The van der Waals surface area contributed by atoms with E-state index in [2.05, 4.69) is 29.2 Å². The average Bonchev–Trinajstić information content (AvgIpc) is 3.57. The number of amides is 1. The zero-order valence-electron chi connectivity index (χ0n) is 34.7. The quantitative estimate of drug-likeness (QED) is 0.122. The number of nitrogens with zero attached hydrogens (tertiary/aromatic N) is 5. The molecule has 2 atom stereocenters. The molecule has 5 aromatic rings. The highest BCUT2D eigenvalue weighted by Crippen LogP contribution is 2.40. The Labute approximate surface area is 355 Å². The molecule has 4 aliphatic rings. The Morgan fingerprint density at radius 2 is 1.16 bits per heavy atom. The maximum atomic E-state index is 13.9. The van der Waals surface area contributed by atoms with Crippen molar-refractivity contribution in [2.24, 2.45) is 9.98 Å². The largest absolute Gasteiger partial charge is 0.497 e. The summed E-state index contributed by atoms with van der Waals surface area (Å²) in [5, 5.41) is 0. The average molecular weight is 818 g/mol. The molecule has 0 unspecified atom stereocenters. The monoisotopic (exact) mass is 817 g/mol. The molecule has 12 heteroatoms. The molecule has 61 heavy (non-hydrogen) atoms. The number of hydrogen-bond donors (Lipinski definition) is 0. The minimum Gasteiger partial charge on any atom is -0.497 e. The molecule has 1 amide bonds. The molecule has 4 aromatic carbocycles. The summed E-state index contributed by atoms with van der Waals surface area (Å²) < 4.78 is 34.8. The third kappa shape index (κ3) is 8.31. The fraction of sp³-hybridized carbons (Fsp3) is 0.265. The number of fused-ring (bicyclic) bond motifs is 4. The fourth-order valence-electron chi connectivity index (χ4n) is 8.24. The van der Waals surface area contributed by atoms with Gasteiger partial charge in [-0.15, -0.1) is 0 Å². The molecular weight excluding hydrogens is 771 g/mol. The van der Waals surface area contributed by atoms with Crippen molar-refractivity contribution in [3.63, 3.8) is 0 Å². The van der Waals surface area contributed by atoms with Gasteiger partial charge in [0.05, 0.1) is 68.8 Å². The van der Waals surface area contributed by atoms with Crippen LogP contribution in [0.1, 0.15) is 51.3 Å². The van der Waals surface area contributed by atoms with Gasteiger partial charge in [0.2, 0.25) is 0 Å². The summed E-state index contributed by atoms with van der Waals surface area (Å²) in [7, 11) is 6.55. The molecule has 5 heterocycles. The van der Waals surface area contributed by atoms with Gasteiger partial charge in [0.1, 0.15) is 24.7 Å². The number of aromatic nitrogens is 1. The van der Waals surface area contributed by atoms with Gasteiger partial charge in [-0.3, -0.25) is 24.7 Å². The molecule has 0 saturated carbocycles. The molecule has 0 aliphatic carbocycles. The lowest BCUT2D eigenvalue weighted by Crippen LogP contribution is -2.42. The van der Waals surface area contributed by atoms with Crippen molar-refractivity contribution in [2.75, 3.05) is 41.5 Å². The molecule has 0 N–H and O–H groups in total. The van der Waals surface area contributed by atoms with Gasteiger partial charge in [-0.2, -0.15) is 0 Å². The van der Waals surface area contributed by atoms with E-state index in [1.807, 2.05) is 84.1 Å². The normalized spacial score (nSPS) is 18.0. The maximum Gasteiger partial charge on any atom is 0.256 e. The van der Waals surface area contributed by atoms with Crippen LogP contribution in [0.2, 0.25) is 0 Å². The van der Waals surface area contributed by atoms with Crippen molar-refractivity contribution in [3.05, 3.63) is 137 Å². The Bertz CT molecular complexity index is 2570. The van der Waals surface area contributed by atoms with Crippen molar-refractivity contribution >= 4 is 40.9 Å². The summed E-state index contributed by atoms with van der Waals surface area (Å²) in [6, 6.07) is 29.2. The highest BCUT2D eigenvalue weighted by Gasteiger charge is 2.32. The highest BCUT2D eigenvalue weighted by molar-refractivity contribution is 6.04. The van der Waals surface area contributed by atoms with Crippen LogP contribution in [-0.2, 0) is 19.8 Å². The molecule has 310 valence electrons. The van der Waals surface area contributed by atoms with E-state index in [0.717, 1.165) is 65.5 Å². The minimum atomic E-state index is -0.284. The maximum absolute atomic E-state index is 13.9. The molecule has 9 rings (SSSR count).